The minimum atomic E-state index is -0.591. The summed E-state index contributed by atoms with van der Waals surface area (Å²) >= 11 is 4.88. The third-order valence-electron chi connectivity index (χ3n) is 4.07. The average molecular weight is 460 g/mol. The average Bonchev–Trinajstić information content (AvgIpc) is 2.84. The molecule has 1 N–H and O–H groups in total. The van der Waals surface area contributed by atoms with Gasteiger partial charge >= 0.3 is 0 Å². The van der Waals surface area contributed by atoms with Gasteiger partial charge in [0.15, 0.2) is 11.9 Å². The molecular formula is C18H14BrN5O3S. The van der Waals surface area contributed by atoms with E-state index in [2.05, 4.69) is 36.4 Å². The van der Waals surface area contributed by atoms with E-state index in [9.17, 15) is 10.1 Å². The van der Waals surface area contributed by atoms with Crippen LogP contribution in [0.3, 0.4) is 0 Å². The number of benzene rings is 2. The quantitative estimate of drug-likeness (QED) is 0.336. The third-order valence-corrected chi connectivity index (χ3v) is 5.32. The van der Waals surface area contributed by atoms with Crippen LogP contribution in [-0.4, -0.2) is 25.9 Å². The Balaban J connectivity index is 1.86. The van der Waals surface area contributed by atoms with Crippen molar-refractivity contribution in [1.29, 1.82) is 0 Å². The second-order valence-electron chi connectivity index (χ2n) is 5.86. The zero-order valence-electron chi connectivity index (χ0n) is 14.6. The molecule has 0 fully saturated rings. The molecule has 1 atom stereocenters. The lowest BCUT2D eigenvalue weighted by atomic mass is 10.1. The molecule has 8 nitrogen and oxygen atoms in total. The predicted octanol–water partition coefficient (Wildman–Crippen LogP) is 4.82. The number of anilines is 1. The summed E-state index contributed by atoms with van der Waals surface area (Å²) in [6.07, 6.45) is -0.591. The van der Waals surface area contributed by atoms with Crippen molar-refractivity contribution in [3.63, 3.8) is 0 Å². The summed E-state index contributed by atoms with van der Waals surface area (Å²) in [4.78, 5) is 15.3. The van der Waals surface area contributed by atoms with Gasteiger partial charge < -0.3 is 10.1 Å². The van der Waals surface area contributed by atoms with Crippen LogP contribution >= 0.6 is 27.7 Å². The summed E-state index contributed by atoms with van der Waals surface area (Å²) in [7, 11) is 0. The highest BCUT2D eigenvalue weighted by atomic mass is 79.9. The topological polar surface area (TPSA) is 103 Å². The maximum Gasteiger partial charge on any atom is 0.271 e. The molecule has 0 spiro atoms. The Labute approximate surface area is 173 Å². The summed E-state index contributed by atoms with van der Waals surface area (Å²) in [6.45, 7) is 2.00. The Morgan fingerprint density at radius 2 is 2.04 bits per heavy atom. The van der Waals surface area contributed by atoms with Crippen LogP contribution in [0.25, 0.3) is 11.3 Å². The van der Waals surface area contributed by atoms with Crippen molar-refractivity contribution < 1.29 is 9.66 Å². The molecule has 2 heterocycles. The first-order valence-corrected chi connectivity index (χ1v) is 10.2. The molecule has 2 aromatic carbocycles. The normalized spacial score (nSPS) is 14.9. The number of nitrogens with one attached hydrogen (secondary N) is 1. The molecule has 0 radical (unpaired) electrons. The van der Waals surface area contributed by atoms with E-state index in [0.29, 0.717) is 28.0 Å². The number of fused-ring (bicyclic) bond motifs is 3. The number of halogens is 1. The largest absolute Gasteiger partial charge is 0.448 e. The monoisotopic (exact) mass is 459 g/mol. The first-order chi connectivity index (χ1) is 13.5. The maximum atomic E-state index is 11.2. The fourth-order valence-corrected chi connectivity index (χ4v) is 3.55. The van der Waals surface area contributed by atoms with Crippen molar-refractivity contribution in [3.8, 4) is 17.1 Å². The van der Waals surface area contributed by atoms with Crippen LogP contribution < -0.4 is 10.1 Å². The molecule has 0 aliphatic carbocycles. The number of nitro groups is 1. The number of hydrogen-bond acceptors (Lipinski definition) is 8. The van der Waals surface area contributed by atoms with Crippen molar-refractivity contribution in [2.75, 3.05) is 11.1 Å². The lowest BCUT2D eigenvalue weighted by Gasteiger charge is -2.19. The summed E-state index contributed by atoms with van der Waals surface area (Å²) in [5.41, 5.74) is 2.44. The Hall–Kier alpha value is -2.72. The van der Waals surface area contributed by atoms with Crippen molar-refractivity contribution in [3.05, 3.63) is 62.6 Å². The minimum absolute atomic E-state index is 0.0247. The molecule has 4 rings (SSSR count). The van der Waals surface area contributed by atoms with Gasteiger partial charge in [-0.2, -0.15) is 4.98 Å². The molecule has 0 bridgehead atoms. The summed E-state index contributed by atoms with van der Waals surface area (Å²) < 4.78 is 7.07. The number of hydrogen-bond donors (Lipinski definition) is 1. The van der Waals surface area contributed by atoms with E-state index in [0.717, 1.165) is 15.8 Å². The minimum Gasteiger partial charge on any atom is -0.448 e. The molecule has 0 saturated carbocycles. The number of thioether (sulfide) groups is 1. The highest BCUT2D eigenvalue weighted by Gasteiger charge is 2.27. The zero-order chi connectivity index (χ0) is 19.7. The number of nitrogens with zero attached hydrogens (tertiary/aromatic N) is 4. The lowest BCUT2D eigenvalue weighted by Crippen LogP contribution is -2.17. The molecule has 1 unspecified atom stereocenters. The van der Waals surface area contributed by atoms with Gasteiger partial charge in [-0.3, -0.25) is 10.1 Å². The van der Waals surface area contributed by atoms with Gasteiger partial charge in [-0.25, -0.2) is 0 Å². The Bertz CT molecular complexity index is 1050. The maximum absolute atomic E-state index is 11.2. The summed E-state index contributed by atoms with van der Waals surface area (Å²) in [6, 6.07) is 12.1. The second-order valence-corrected chi connectivity index (χ2v) is 8.01. The first kappa shape index (κ1) is 18.6. The smallest absolute Gasteiger partial charge is 0.271 e. The highest BCUT2D eigenvalue weighted by Crippen LogP contribution is 2.41. The summed E-state index contributed by atoms with van der Waals surface area (Å²) in [5, 5.41) is 23.4. The lowest BCUT2D eigenvalue weighted by molar-refractivity contribution is -0.384. The van der Waals surface area contributed by atoms with Gasteiger partial charge in [0, 0.05) is 27.7 Å². The van der Waals surface area contributed by atoms with Crippen LogP contribution in [0, 0.1) is 10.1 Å². The SMILES string of the molecule is CCSc1nnc2c(n1)OC(c1ccc(Br)cc1)Nc1cc([N+](=O)[O-])ccc1-2. The van der Waals surface area contributed by atoms with Gasteiger partial charge in [-0.05, 0) is 24.0 Å². The van der Waals surface area contributed by atoms with Crippen molar-refractivity contribution >= 4 is 39.1 Å². The predicted molar refractivity (Wildman–Crippen MR) is 109 cm³/mol. The van der Waals surface area contributed by atoms with E-state index in [-0.39, 0.29) is 5.69 Å². The highest BCUT2D eigenvalue weighted by molar-refractivity contribution is 9.10. The molecule has 1 aliphatic heterocycles. The van der Waals surface area contributed by atoms with Crippen molar-refractivity contribution in [2.45, 2.75) is 18.3 Å². The van der Waals surface area contributed by atoms with Gasteiger partial charge in [0.2, 0.25) is 11.0 Å². The molecule has 3 aromatic rings. The number of ether oxygens (including phenoxy) is 1. The molecular weight excluding hydrogens is 446 g/mol. The van der Waals surface area contributed by atoms with Crippen LogP contribution in [0.5, 0.6) is 5.88 Å². The van der Waals surface area contributed by atoms with E-state index in [1.165, 1.54) is 23.9 Å². The zero-order valence-corrected chi connectivity index (χ0v) is 17.0. The molecule has 1 aromatic heterocycles. The number of non-ortho nitro benzene ring substituents is 1. The van der Waals surface area contributed by atoms with Crippen LogP contribution in [-0.2, 0) is 0 Å². The van der Waals surface area contributed by atoms with Crippen LogP contribution in [0.1, 0.15) is 18.7 Å². The van der Waals surface area contributed by atoms with Gasteiger partial charge in [-0.1, -0.05) is 46.7 Å². The number of rotatable bonds is 4. The fraction of sp³-hybridized carbons (Fsp3) is 0.167. The van der Waals surface area contributed by atoms with Crippen LogP contribution in [0.2, 0.25) is 0 Å². The Morgan fingerprint density at radius 3 is 2.75 bits per heavy atom. The van der Waals surface area contributed by atoms with Crippen molar-refractivity contribution in [2.24, 2.45) is 0 Å². The standard InChI is InChI=1S/C18H14BrN5O3S/c1-2-28-18-21-17-15(22-23-18)13-8-7-12(24(25)26)9-14(13)20-16(27-17)10-3-5-11(19)6-4-10/h3-9,16,20H,2H2,1H3. The van der Waals surface area contributed by atoms with Crippen LogP contribution in [0.4, 0.5) is 11.4 Å². The van der Waals surface area contributed by atoms with E-state index < -0.39 is 11.2 Å². The molecule has 1 aliphatic rings. The van der Waals surface area contributed by atoms with E-state index >= 15 is 0 Å². The van der Waals surface area contributed by atoms with Gasteiger partial charge in [0.1, 0.15) is 0 Å². The first-order valence-electron chi connectivity index (χ1n) is 8.40. The fourth-order valence-electron chi connectivity index (χ4n) is 2.78. The molecule has 28 heavy (non-hydrogen) atoms. The Morgan fingerprint density at radius 1 is 1.25 bits per heavy atom. The number of nitro benzene ring substituents is 1. The van der Waals surface area contributed by atoms with Crippen LogP contribution in [0.15, 0.2) is 52.1 Å². The van der Waals surface area contributed by atoms with Crippen molar-refractivity contribution in [1.82, 2.24) is 15.2 Å². The number of aromatic nitrogens is 3. The molecule has 0 saturated heterocycles. The summed E-state index contributed by atoms with van der Waals surface area (Å²) in [5.74, 6) is 1.14. The molecule has 142 valence electrons. The third kappa shape index (κ3) is 3.65. The van der Waals surface area contributed by atoms with Gasteiger partial charge in [-0.15, -0.1) is 10.2 Å². The van der Waals surface area contributed by atoms with Gasteiger partial charge in [0.25, 0.3) is 5.69 Å². The second kappa shape index (κ2) is 7.72. The Kier molecular flexibility index (Phi) is 5.14. The van der Waals surface area contributed by atoms with E-state index in [4.69, 9.17) is 4.74 Å². The van der Waals surface area contributed by atoms with E-state index in [1.54, 1.807) is 6.07 Å². The molecule has 10 heteroatoms. The van der Waals surface area contributed by atoms with E-state index in [1.807, 2.05) is 31.2 Å². The molecule has 0 amide bonds. The van der Waals surface area contributed by atoms with Gasteiger partial charge in [0.05, 0.1) is 10.6 Å².